The van der Waals surface area contributed by atoms with Crippen LogP contribution in [0.4, 0.5) is 5.82 Å². The Morgan fingerprint density at radius 2 is 2.17 bits per heavy atom. The van der Waals surface area contributed by atoms with Gasteiger partial charge in [0.15, 0.2) is 0 Å². The van der Waals surface area contributed by atoms with E-state index in [1.54, 1.807) is 13.4 Å². The van der Waals surface area contributed by atoms with Gasteiger partial charge >= 0.3 is 0 Å². The quantitative estimate of drug-likeness (QED) is 0.778. The van der Waals surface area contributed by atoms with E-state index >= 15 is 0 Å². The number of rotatable bonds is 4. The largest absolute Gasteiger partial charge is 0.496 e. The number of hydrogen-bond acceptors (Lipinski definition) is 7. The van der Waals surface area contributed by atoms with Gasteiger partial charge in [0.25, 0.3) is 0 Å². The maximum absolute atomic E-state index is 5.41. The summed E-state index contributed by atoms with van der Waals surface area (Å²) in [7, 11) is 1.66. The molecule has 120 valence electrons. The first-order valence-electron chi connectivity index (χ1n) is 7.45. The standard InChI is InChI=1S/C17H15N5OS/c1-23-15-5-3-2-4-13(15)14-8-17(19-11-18-14)21-22-7-6-16-12(10-22)9-20-24-16/h2-6,8-11H,7H2,1H3,(H,18,19,21). The topological polar surface area (TPSA) is 63.2 Å². The van der Waals surface area contributed by atoms with Crippen LogP contribution in [0.15, 0.2) is 42.9 Å². The van der Waals surface area contributed by atoms with Crippen molar-refractivity contribution in [3.05, 3.63) is 52.6 Å². The number of hydrogen-bond donors (Lipinski definition) is 1. The number of para-hydroxylation sites is 1. The predicted octanol–water partition coefficient (Wildman–Crippen LogP) is 1.47. The molecule has 0 amide bonds. The van der Waals surface area contributed by atoms with Gasteiger partial charge in [0, 0.05) is 23.0 Å². The molecule has 24 heavy (non-hydrogen) atoms. The maximum Gasteiger partial charge on any atom is 0.148 e. The van der Waals surface area contributed by atoms with Gasteiger partial charge in [0.1, 0.15) is 17.9 Å². The molecular weight excluding hydrogens is 322 g/mol. The molecule has 0 radical (unpaired) electrons. The zero-order chi connectivity index (χ0) is 16.4. The van der Waals surface area contributed by atoms with Crippen molar-refractivity contribution in [2.45, 2.75) is 0 Å². The van der Waals surface area contributed by atoms with Gasteiger partial charge in [-0.25, -0.2) is 9.97 Å². The van der Waals surface area contributed by atoms with Gasteiger partial charge in [0.05, 0.1) is 30.1 Å². The zero-order valence-electron chi connectivity index (χ0n) is 13.0. The monoisotopic (exact) mass is 337 g/mol. The van der Waals surface area contributed by atoms with Gasteiger partial charge in [-0.05, 0) is 29.7 Å². The highest BCUT2D eigenvalue weighted by molar-refractivity contribution is 7.03. The molecule has 4 rings (SSSR count). The molecule has 0 atom stereocenters. The predicted molar refractivity (Wildman–Crippen MR) is 94.6 cm³/mol. The van der Waals surface area contributed by atoms with Crippen LogP contribution >= 0.6 is 11.5 Å². The molecule has 3 aromatic rings. The van der Waals surface area contributed by atoms with Crippen LogP contribution in [0.25, 0.3) is 23.5 Å². The summed E-state index contributed by atoms with van der Waals surface area (Å²) in [5.74, 6) is 1.51. The summed E-state index contributed by atoms with van der Waals surface area (Å²) in [6.45, 7) is 0.753. The molecule has 0 unspecified atom stereocenters. The summed E-state index contributed by atoms with van der Waals surface area (Å²) < 4.78 is 10.8. The minimum Gasteiger partial charge on any atom is -0.496 e. The number of anilines is 1. The lowest BCUT2D eigenvalue weighted by Gasteiger charge is -2.21. The molecular formula is C17H15N5OS. The molecule has 7 heteroatoms. The molecule has 1 aliphatic rings. The van der Waals surface area contributed by atoms with Crippen molar-refractivity contribution >= 4 is 29.6 Å². The van der Waals surface area contributed by atoms with Crippen LogP contribution in [0.5, 0.6) is 5.75 Å². The highest BCUT2D eigenvalue weighted by atomic mass is 32.1. The Morgan fingerprint density at radius 3 is 3.08 bits per heavy atom. The minimum absolute atomic E-state index is 0.724. The molecule has 1 N–H and O–H groups in total. The first-order valence-corrected chi connectivity index (χ1v) is 8.22. The second kappa shape index (κ2) is 6.29. The summed E-state index contributed by atoms with van der Waals surface area (Å²) in [5, 5.41) is 3.09. The Morgan fingerprint density at radius 1 is 1.25 bits per heavy atom. The minimum atomic E-state index is 0.724. The van der Waals surface area contributed by atoms with Crippen molar-refractivity contribution in [1.29, 1.82) is 0 Å². The van der Waals surface area contributed by atoms with E-state index in [0.717, 1.165) is 34.6 Å². The fraction of sp³-hybridized carbons (Fsp3) is 0.118. The van der Waals surface area contributed by atoms with Crippen LogP contribution in [0.1, 0.15) is 0 Å². The number of fused-ring (bicyclic) bond motifs is 1. The maximum atomic E-state index is 5.41. The van der Waals surface area contributed by atoms with Crippen LogP contribution in [-0.2, 0) is 0 Å². The Labute approximate surface area is 142 Å². The summed E-state index contributed by atoms with van der Waals surface area (Å²) in [5.41, 5.74) is 5.03. The molecule has 2 aromatic heterocycles. The third-order valence-corrected chi connectivity index (χ3v) is 4.51. The Kier molecular flexibility index (Phi) is 3.84. The van der Waals surface area contributed by atoms with Crippen LogP contribution in [0.3, 0.4) is 0 Å². The highest BCUT2D eigenvalue weighted by Crippen LogP contribution is 2.28. The average molecular weight is 337 g/mol. The van der Waals surface area contributed by atoms with Crippen molar-refractivity contribution in [2.75, 3.05) is 19.1 Å². The van der Waals surface area contributed by atoms with Crippen molar-refractivity contribution in [3.63, 3.8) is 0 Å². The van der Waals surface area contributed by atoms with E-state index in [1.807, 2.05) is 47.7 Å². The van der Waals surface area contributed by atoms with E-state index in [2.05, 4.69) is 25.8 Å². The number of ether oxygens (including phenoxy) is 1. The second-order valence-electron chi connectivity index (χ2n) is 5.23. The molecule has 3 heterocycles. The van der Waals surface area contributed by atoms with Crippen LogP contribution in [-0.4, -0.2) is 33.0 Å². The van der Waals surface area contributed by atoms with Crippen molar-refractivity contribution in [3.8, 4) is 17.0 Å². The number of aromatic nitrogens is 3. The molecule has 0 fully saturated rings. The van der Waals surface area contributed by atoms with Gasteiger partial charge in [0.2, 0.25) is 0 Å². The van der Waals surface area contributed by atoms with Gasteiger partial charge in [-0.3, -0.25) is 10.4 Å². The fourth-order valence-electron chi connectivity index (χ4n) is 2.56. The SMILES string of the molecule is COc1ccccc1-c1cc(NN2C=c3cnsc3=CC2)ncn1. The summed E-state index contributed by atoms with van der Waals surface area (Å²) in [4.78, 5) is 8.67. The molecule has 0 spiro atoms. The first kappa shape index (κ1) is 14.6. The fourth-order valence-corrected chi connectivity index (χ4v) is 3.20. The summed E-state index contributed by atoms with van der Waals surface area (Å²) >= 11 is 1.51. The van der Waals surface area contributed by atoms with Gasteiger partial charge < -0.3 is 4.74 Å². The van der Waals surface area contributed by atoms with Gasteiger partial charge in [-0.1, -0.05) is 12.1 Å². The van der Waals surface area contributed by atoms with Crippen molar-refractivity contribution in [2.24, 2.45) is 0 Å². The summed E-state index contributed by atoms with van der Waals surface area (Å²) in [6, 6.07) is 9.71. The zero-order valence-corrected chi connectivity index (χ0v) is 13.8. The average Bonchev–Trinajstić information content (AvgIpc) is 3.10. The summed E-state index contributed by atoms with van der Waals surface area (Å²) in [6.07, 6.45) is 7.59. The molecule has 0 aliphatic carbocycles. The van der Waals surface area contributed by atoms with Crippen LogP contribution < -0.4 is 19.9 Å². The van der Waals surface area contributed by atoms with E-state index in [0.29, 0.717) is 0 Å². The molecule has 1 aliphatic heterocycles. The molecule has 0 saturated carbocycles. The second-order valence-corrected chi connectivity index (χ2v) is 6.06. The van der Waals surface area contributed by atoms with Crippen molar-refractivity contribution < 1.29 is 4.74 Å². The first-order chi connectivity index (χ1) is 11.8. The van der Waals surface area contributed by atoms with Crippen LogP contribution in [0.2, 0.25) is 0 Å². The Balaban J connectivity index is 1.62. The lowest BCUT2D eigenvalue weighted by Crippen LogP contribution is -2.35. The number of nitrogens with one attached hydrogen (secondary N) is 1. The third kappa shape index (κ3) is 2.81. The van der Waals surface area contributed by atoms with E-state index in [9.17, 15) is 0 Å². The number of benzene rings is 1. The number of hydrazine groups is 1. The third-order valence-electron chi connectivity index (χ3n) is 3.70. The van der Waals surface area contributed by atoms with Crippen molar-refractivity contribution in [1.82, 2.24) is 19.4 Å². The van der Waals surface area contributed by atoms with E-state index < -0.39 is 0 Å². The molecule has 0 bridgehead atoms. The van der Waals surface area contributed by atoms with Gasteiger partial charge in [-0.15, -0.1) is 0 Å². The van der Waals surface area contributed by atoms with E-state index in [-0.39, 0.29) is 0 Å². The molecule has 1 aromatic carbocycles. The number of nitrogens with zero attached hydrogens (tertiary/aromatic N) is 4. The molecule has 0 saturated heterocycles. The smallest absolute Gasteiger partial charge is 0.148 e. The lowest BCUT2D eigenvalue weighted by molar-refractivity contribution is 0.416. The highest BCUT2D eigenvalue weighted by Gasteiger charge is 2.09. The normalized spacial score (nSPS) is 12.8. The van der Waals surface area contributed by atoms with E-state index in [4.69, 9.17) is 4.74 Å². The Bertz CT molecular complexity index is 984. The van der Waals surface area contributed by atoms with Crippen LogP contribution in [0, 0.1) is 0 Å². The molecule has 6 nitrogen and oxygen atoms in total. The van der Waals surface area contributed by atoms with Gasteiger partial charge in [-0.2, -0.15) is 4.37 Å². The number of methoxy groups -OCH3 is 1. The Hall–Kier alpha value is -2.93. The lowest BCUT2D eigenvalue weighted by atomic mass is 10.1. The van der Waals surface area contributed by atoms with E-state index in [1.165, 1.54) is 16.1 Å².